The first-order chi connectivity index (χ1) is 13.6. The Morgan fingerprint density at radius 3 is 2.57 bits per heavy atom. The van der Waals surface area contributed by atoms with Crippen LogP contribution < -0.4 is 15.4 Å². The maximum absolute atomic E-state index is 12.3. The first-order valence-corrected chi connectivity index (χ1v) is 9.13. The summed E-state index contributed by atoms with van der Waals surface area (Å²) < 4.78 is 5.21. The van der Waals surface area contributed by atoms with E-state index in [0.29, 0.717) is 18.1 Å². The second-order valence-electron chi connectivity index (χ2n) is 6.53. The van der Waals surface area contributed by atoms with Gasteiger partial charge in [-0.2, -0.15) is 0 Å². The van der Waals surface area contributed by atoms with E-state index in [2.05, 4.69) is 33.6 Å². The van der Waals surface area contributed by atoms with Gasteiger partial charge in [-0.05, 0) is 55.2 Å². The van der Waals surface area contributed by atoms with Crippen molar-refractivity contribution in [1.82, 2.24) is 15.3 Å². The quantitative estimate of drug-likeness (QED) is 0.656. The fraction of sp³-hybridized carbons (Fsp3) is 0.227. The minimum absolute atomic E-state index is 0.193. The summed E-state index contributed by atoms with van der Waals surface area (Å²) in [7, 11) is 1.64. The number of anilines is 2. The highest BCUT2D eigenvalue weighted by atomic mass is 16.5. The number of rotatable bonds is 7. The fourth-order valence-electron chi connectivity index (χ4n) is 2.77. The summed E-state index contributed by atoms with van der Waals surface area (Å²) in [6.07, 6.45) is 3.78. The van der Waals surface area contributed by atoms with Crippen LogP contribution in [0.25, 0.3) is 0 Å². The summed E-state index contributed by atoms with van der Waals surface area (Å²) >= 11 is 0. The highest BCUT2D eigenvalue weighted by molar-refractivity contribution is 5.93. The Kier molecular flexibility index (Phi) is 6.22. The van der Waals surface area contributed by atoms with Gasteiger partial charge in [0.25, 0.3) is 5.91 Å². The smallest absolute Gasteiger partial charge is 0.254 e. The van der Waals surface area contributed by atoms with Gasteiger partial charge in [-0.1, -0.05) is 24.3 Å². The molecule has 3 rings (SSSR count). The Bertz CT molecular complexity index is 955. The number of ether oxygens (including phenoxy) is 1. The van der Waals surface area contributed by atoms with Crippen molar-refractivity contribution in [3.8, 4) is 5.75 Å². The van der Waals surface area contributed by atoms with E-state index in [4.69, 9.17) is 4.74 Å². The second-order valence-corrected chi connectivity index (χ2v) is 6.53. The lowest BCUT2D eigenvalue weighted by atomic mass is 10.1. The number of nitrogens with one attached hydrogen (secondary N) is 2. The van der Waals surface area contributed by atoms with Crippen LogP contribution in [-0.4, -0.2) is 29.5 Å². The second kappa shape index (κ2) is 8.99. The van der Waals surface area contributed by atoms with Crippen LogP contribution in [0.15, 0.2) is 54.9 Å². The molecule has 0 aliphatic carbocycles. The van der Waals surface area contributed by atoms with Crippen LogP contribution in [0.4, 0.5) is 11.6 Å². The molecule has 6 nitrogen and oxygen atoms in total. The number of carbonyl (C=O) groups is 1. The molecule has 28 heavy (non-hydrogen) atoms. The summed E-state index contributed by atoms with van der Waals surface area (Å²) in [6.45, 7) is 4.62. The first-order valence-electron chi connectivity index (χ1n) is 9.13. The van der Waals surface area contributed by atoms with E-state index in [1.54, 1.807) is 7.11 Å². The number of aromatic nitrogens is 2. The lowest BCUT2D eigenvalue weighted by Gasteiger charge is -2.10. The molecule has 144 valence electrons. The Labute approximate surface area is 165 Å². The van der Waals surface area contributed by atoms with Crippen molar-refractivity contribution >= 4 is 17.5 Å². The molecular weight excluding hydrogens is 352 g/mol. The Balaban J connectivity index is 1.55. The average molecular weight is 376 g/mol. The van der Waals surface area contributed by atoms with Gasteiger partial charge < -0.3 is 15.4 Å². The van der Waals surface area contributed by atoms with Gasteiger partial charge in [0.1, 0.15) is 5.75 Å². The summed E-state index contributed by atoms with van der Waals surface area (Å²) in [6, 6.07) is 13.8. The normalized spacial score (nSPS) is 10.4. The highest BCUT2D eigenvalue weighted by Crippen LogP contribution is 2.20. The van der Waals surface area contributed by atoms with Gasteiger partial charge in [0.2, 0.25) is 5.95 Å². The van der Waals surface area contributed by atoms with Gasteiger partial charge in [0.05, 0.1) is 12.7 Å². The first kappa shape index (κ1) is 19.4. The number of carbonyl (C=O) groups excluding carboxylic acids is 1. The molecule has 2 N–H and O–H groups in total. The van der Waals surface area contributed by atoms with Crippen LogP contribution >= 0.6 is 0 Å². The van der Waals surface area contributed by atoms with Crippen LogP contribution in [0.1, 0.15) is 27.0 Å². The van der Waals surface area contributed by atoms with Crippen molar-refractivity contribution in [3.63, 3.8) is 0 Å². The third-order valence-electron chi connectivity index (χ3n) is 4.60. The standard InChI is InChI=1S/C22H24N4O2/c1-15-6-4-9-20(16(15)2)26-22-24-13-18(14-25-22)21(27)23-11-10-17-7-5-8-19(12-17)28-3/h4-9,12-14H,10-11H2,1-3H3,(H,23,27)(H,24,25,26). The molecule has 3 aromatic rings. The SMILES string of the molecule is COc1cccc(CCNC(=O)c2cnc(Nc3cccc(C)c3C)nc2)c1. The molecule has 0 saturated heterocycles. The number of benzene rings is 2. The number of nitrogens with zero attached hydrogens (tertiary/aromatic N) is 2. The number of amides is 1. The molecule has 0 spiro atoms. The van der Waals surface area contributed by atoms with E-state index in [-0.39, 0.29) is 5.91 Å². The van der Waals surface area contributed by atoms with Crippen LogP contribution in [0.5, 0.6) is 5.75 Å². The van der Waals surface area contributed by atoms with E-state index < -0.39 is 0 Å². The summed E-state index contributed by atoms with van der Waals surface area (Å²) in [5.41, 5.74) is 4.82. The van der Waals surface area contributed by atoms with Crippen molar-refractivity contribution in [2.24, 2.45) is 0 Å². The van der Waals surface area contributed by atoms with Gasteiger partial charge in [0.15, 0.2) is 0 Å². The van der Waals surface area contributed by atoms with Gasteiger partial charge in [-0.3, -0.25) is 4.79 Å². The molecule has 6 heteroatoms. The zero-order chi connectivity index (χ0) is 19.9. The minimum Gasteiger partial charge on any atom is -0.497 e. The molecule has 0 atom stereocenters. The predicted octanol–water partition coefficient (Wildman–Crippen LogP) is 3.82. The average Bonchev–Trinajstić information content (AvgIpc) is 2.72. The van der Waals surface area contributed by atoms with Gasteiger partial charge in [0, 0.05) is 24.6 Å². The predicted molar refractivity (Wildman–Crippen MR) is 110 cm³/mol. The van der Waals surface area contributed by atoms with Crippen LogP contribution in [0, 0.1) is 13.8 Å². The summed E-state index contributed by atoms with van der Waals surface area (Å²) in [5, 5.41) is 6.08. The van der Waals surface area contributed by atoms with Gasteiger partial charge in [-0.15, -0.1) is 0 Å². The largest absolute Gasteiger partial charge is 0.497 e. The Morgan fingerprint density at radius 1 is 1.07 bits per heavy atom. The lowest BCUT2D eigenvalue weighted by molar-refractivity contribution is 0.0953. The van der Waals surface area contributed by atoms with Crippen molar-refractivity contribution in [2.75, 3.05) is 19.0 Å². The van der Waals surface area contributed by atoms with Gasteiger partial charge >= 0.3 is 0 Å². The van der Waals surface area contributed by atoms with Crippen molar-refractivity contribution in [3.05, 3.63) is 77.1 Å². The maximum atomic E-state index is 12.3. The summed E-state index contributed by atoms with van der Waals surface area (Å²) in [4.78, 5) is 20.8. The molecule has 0 unspecified atom stereocenters. The number of hydrogen-bond acceptors (Lipinski definition) is 5. The fourth-order valence-corrected chi connectivity index (χ4v) is 2.77. The molecule has 1 amide bonds. The zero-order valence-corrected chi connectivity index (χ0v) is 16.3. The maximum Gasteiger partial charge on any atom is 0.254 e. The summed E-state index contributed by atoms with van der Waals surface area (Å²) in [5.74, 6) is 1.08. The molecule has 0 aliphatic rings. The molecule has 1 heterocycles. The van der Waals surface area contributed by atoms with Crippen molar-refractivity contribution < 1.29 is 9.53 Å². The van der Waals surface area contributed by atoms with Gasteiger partial charge in [-0.25, -0.2) is 9.97 Å². The topological polar surface area (TPSA) is 76.1 Å². The zero-order valence-electron chi connectivity index (χ0n) is 16.3. The lowest BCUT2D eigenvalue weighted by Crippen LogP contribution is -2.26. The molecule has 2 aromatic carbocycles. The Hall–Kier alpha value is -3.41. The minimum atomic E-state index is -0.193. The number of aryl methyl sites for hydroxylation is 1. The van der Waals surface area contributed by atoms with Crippen molar-refractivity contribution in [2.45, 2.75) is 20.3 Å². The van der Waals surface area contributed by atoms with E-state index in [9.17, 15) is 4.79 Å². The Morgan fingerprint density at radius 2 is 1.82 bits per heavy atom. The molecule has 0 saturated carbocycles. The number of methoxy groups -OCH3 is 1. The van der Waals surface area contributed by atoms with Crippen LogP contribution in [0.2, 0.25) is 0 Å². The number of hydrogen-bond donors (Lipinski definition) is 2. The van der Waals surface area contributed by atoms with E-state index in [1.165, 1.54) is 18.0 Å². The highest BCUT2D eigenvalue weighted by Gasteiger charge is 2.08. The van der Waals surface area contributed by atoms with Crippen LogP contribution in [0.3, 0.4) is 0 Å². The third kappa shape index (κ3) is 4.85. The molecular formula is C22H24N4O2. The molecule has 0 radical (unpaired) electrons. The third-order valence-corrected chi connectivity index (χ3v) is 4.60. The van der Waals surface area contributed by atoms with E-state index in [1.807, 2.05) is 43.3 Å². The molecule has 1 aromatic heterocycles. The van der Waals surface area contributed by atoms with E-state index >= 15 is 0 Å². The van der Waals surface area contributed by atoms with E-state index in [0.717, 1.165) is 29.0 Å². The van der Waals surface area contributed by atoms with Crippen molar-refractivity contribution in [1.29, 1.82) is 0 Å². The van der Waals surface area contributed by atoms with Crippen LogP contribution in [-0.2, 0) is 6.42 Å². The molecule has 0 aliphatic heterocycles. The monoisotopic (exact) mass is 376 g/mol. The molecule has 0 bridgehead atoms. The molecule has 0 fully saturated rings.